The molecule has 0 radical (unpaired) electrons. The SMILES string of the molecule is C(=NC=[N+]1CCCCC1)N1CCCCC1.[Cl-]. The molecule has 0 saturated carbocycles. The summed E-state index contributed by atoms with van der Waals surface area (Å²) in [6, 6.07) is 0. The summed E-state index contributed by atoms with van der Waals surface area (Å²) in [5, 5.41) is 0. The van der Waals surface area contributed by atoms with Crippen molar-refractivity contribution in [3.05, 3.63) is 0 Å². The highest BCUT2D eigenvalue weighted by atomic mass is 35.5. The van der Waals surface area contributed by atoms with Gasteiger partial charge in [-0.3, -0.25) is 4.58 Å². The van der Waals surface area contributed by atoms with Crippen molar-refractivity contribution in [1.82, 2.24) is 4.90 Å². The zero-order chi connectivity index (χ0) is 10.3. The van der Waals surface area contributed by atoms with Crippen molar-refractivity contribution in [1.29, 1.82) is 0 Å². The Morgan fingerprint density at radius 2 is 1.50 bits per heavy atom. The Morgan fingerprint density at radius 1 is 0.875 bits per heavy atom. The molecule has 0 aromatic heterocycles. The van der Waals surface area contributed by atoms with Crippen LogP contribution in [-0.2, 0) is 0 Å². The lowest BCUT2D eigenvalue weighted by Gasteiger charge is -2.21. The molecule has 2 rings (SSSR count). The fourth-order valence-electron chi connectivity index (χ4n) is 2.29. The van der Waals surface area contributed by atoms with Gasteiger partial charge >= 0.3 is 0 Å². The molecule has 4 heteroatoms. The van der Waals surface area contributed by atoms with Crippen LogP contribution in [0.4, 0.5) is 0 Å². The van der Waals surface area contributed by atoms with Gasteiger partial charge in [0, 0.05) is 13.1 Å². The maximum Gasteiger partial charge on any atom is 0.283 e. The molecule has 2 heterocycles. The number of hydrogen-bond acceptors (Lipinski definition) is 0. The van der Waals surface area contributed by atoms with E-state index in [0.717, 1.165) is 0 Å². The van der Waals surface area contributed by atoms with Crippen molar-refractivity contribution in [3.63, 3.8) is 0 Å². The number of nitrogens with zero attached hydrogens (tertiary/aromatic N) is 3. The van der Waals surface area contributed by atoms with Gasteiger partial charge in [0.2, 0.25) is 6.34 Å². The lowest BCUT2D eigenvalue weighted by Crippen LogP contribution is -3.00. The fraction of sp³-hybridized carbons (Fsp3) is 0.833. The van der Waals surface area contributed by atoms with E-state index in [1.165, 1.54) is 64.7 Å². The summed E-state index contributed by atoms with van der Waals surface area (Å²) in [4.78, 5) is 6.76. The molecule has 0 aliphatic carbocycles. The fourth-order valence-corrected chi connectivity index (χ4v) is 2.29. The summed E-state index contributed by atoms with van der Waals surface area (Å²) in [5.74, 6) is 0. The van der Waals surface area contributed by atoms with E-state index in [1.54, 1.807) is 0 Å². The second kappa shape index (κ2) is 7.66. The number of aliphatic imine (C=N–C) groups is 1. The molecule has 2 aliphatic rings. The summed E-state index contributed by atoms with van der Waals surface area (Å²) in [6.07, 6.45) is 12.1. The summed E-state index contributed by atoms with van der Waals surface area (Å²) in [5.41, 5.74) is 0. The van der Waals surface area contributed by atoms with E-state index in [4.69, 9.17) is 0 Å². The molecule has 0 amide bonds. The third-order valence-electron chi connectivity index (χ3n) is 3.24. The summed E-state index contributed by atoms with van der Waals surface area (Å²) in [7, 11) is 0. The van der Waals surface area contributed by atoms with Crippen LogP contribution in [-0.4, -0.2) is 48.3 Å². The van der Waals surface area contributed by atoms with Crippen molar-refractivity contribution < 1.29 is 17.0 Å². The third-order valence-corrected chi connectivity index (χ3v) is 3.24. The van der Waals surface area contributed by atoms with Gasteiger partial charge in [-0.2, -0.15) is 0 Å². The standard InChI is InChI=1S/C12H22N3.ClH/c1-3-7-14(8-4-1)11-13-12-15-9-5-2-6-10-15;/h11-12H,1-10H2;1H/q+1;/p-1. The average Bonchev–Trinajstić information content (AvgIpc) is 2.32. The minimum Gasteiger partial charge on any atom is -1.00 e. The zero-order valence-electron chi connectivity index (χ0n) is 9.95. The Bertz CT molecular complexity index is 237. The lowest BCUT2D eigenvalue weighted by molar-refractivity contribution is -0.533. The summed E-state index contributed by atoms with van der Waals surface area (Å²) >= 11 is 0. The maximum absolute atomic E-state index is 4.42. The molecule has 2 aliphatic heterocycles. The number of rotatable bonds is 2. The minimum absolute atomic E-state index is 0. The van der Waals surface area contributed by atoms with E-state index in [-0.39, 0.29) is 12.4 Å². The van der Waals surface area contributed by atoms with Crippen molar-refractivity contribution in [2.45, 2.75) is 38.5 Å². The second-order valence-electron chi connectivity index (χ2n) is 4.57. The Kier molecular flexibility index (Phi) is 6.46. The van der Waals surface area contributed by atoms with Crippen molar-refractivity contribution in [2.75, 3.05) is 26.2 Å². The van der Waals surface area contributed by atoms with Gasteiger partial charge < -0.3 is 17.3 Å². The van der Waals surface area contributed by atoms with E-state index >= 15 is 0 Å². The normalized spacial score (nSPS) is 22.0. The van der Waals surface area contributed by atoms with Crippen molar-refractivity contribution in [3.8, 4) is 0 Å². The first-order valence-electron chi connectivity index (χ1n) is 6.30. The van der Waals surface area contributed by atoms with Crippen LogP contribution in [0.2, 0.25) is 0 Å². The van der Waals surface area contributed by atoms with Crippen LogP contribution in [0.5, 0.6) is 0 Å². The number of halogens is 1. The molecule has 0 unspecified atom stereocenters. The van der Waals surface area contributed by atoms with Crippen molar-refractivity contribution in [2.24, 2.45) is 4.99 Å². The van der Waals surface area contributed by atoms with Crippen LogP contribution < -0.4 is 12.4 Å². The van der Waals surface area contributed by atoms with Crippen LogP contribution in [0.25, 0.3) is 0 Å². The van der Waals surface area contributed by atoms with Gasteiger partial charge in [0.1, 0.15) is 0 Å². The van der Waals surface area contributed by atoms with E-state index in [1.807, 2.05) is 12.7 Å². The van der Waals surface area contributed by atoms with E-state index in [9.17, 15) is 0 Å². The second-order valence-corrected chi connectivity index (χ2v) is 4.57. The summed E-state index contributed by atoms with van der Waals surface area (Å²) < 4.78 is 2.34. The van der Waals surface area contributed by atoms with E-state index in [0.29, 0.717) is 0 Å². The Morgan fingerprint density at radius 3 is 2.19 bits per heavy atom. The van der Waals surface area contributed by atoms with E-state index < -0.39 is 0 Å². The Balaban J connectivity index is 0.00000128. The van der Waals surface area contributed by atoms with Crippen molar-refractivity contribution >= 4 is 12.7 Å². The highest BCUT2D eigenvalue weighted by Crippen LogP contribution is 2.06. The van der Waals surface area contributed by atoms with Crippen LogP contribution in [0.3, 0.4) is 0 Å². The first-order chi connectivity index (χ1) is 7.45. The van der Waals surface area contributed by atoms with Crippen LogP contribution in [0.1, 0.15) is 38.5 Å². The first-order valence-corrected chi connectivity index (χ1v) is 6.30. The average molecular weight is 244 g/mol. The number of piperidine rings is 2. The molecule has 92 valence electrons. The van der Waals surface area contributed by atoms with Gasteiger partial charge in [0.15, 0.2) is 0 Å². The predicted molar refractivity (Wildman–Crippen MR) is 63.8 cm³/mol. The predicted octanol–water partition coefficient (Wildman–Crippen LogP) is -1.27. The van der Waals surface area contributed by atoms with E-state index in [2.05, 4.69) is 14.5 Å². The number of hydrogen-bond donors (Lipinski definition) is 0. The van der Waals surface area contributed by atoms with Gasteiger partial charge in [-0.15, -0.1) is 0 Å². The van der Waals surface area contributed by atoms with Crippen LogP contribution in [0, 0.1) is 0 Å². The monoisotopic (exact) mass is 243 g/mol. The maximum atomic E-state index is 4.42. The molecule has 0 bridgehead atoms. The molecule has 16 heavy (non-hydrogen) atoms. The molecule has 0 aromatic rings. The molecule has 3 nitrogen and oxygen atoms in total. The third kappa shape index (κ3) is 4.52. The minimum atomic E-state index is 0. The van der Waals surface area contributed by atoms with Crippen LogP contribution in [0.15, 0.2) is 4.99 Å². The van der Waals surface area contributed by atoms with Gasteiger partial charge in [0.05, 0.1) is 13.1 Å². The quantitative estimate of drug-likeness (QED) is 0.336. The first kappa shape index (κ1) is 13.5. The zero-order valence-corrected chi connectivity index (χ0v) is 10.7. The molecule has 0 spiro atoms. The number of likely N-dealkylation sites (tertiary alicyclic amines) is 1. The van der Waals surface area contributed by atoms with Gasteiger partial charge in [-0.1, -0.05) is 0 Å². The molecule has 2 fully saturated rings. The highest BCUT2D eigenvalue weighted by Gasteiger charge is 2.08. The highest BCUT2D eigenvalue weighted by molar-refractivity contribution is 5.68. The summed E-state index contributed by atoms with van der Waals surface area (Å²) in [6.45, 7) is 4.77. The lowest BCUT2D eigenvalue weighted by atomic mass is 10.1. The van der Waals surface area contributed by atoms with Gasteiger partial charge in [-0.25, -0.2) is 0 Å². The largest absolute Gasteiger partial charge is 1.00 e. The Hall–Kier alpha value is -0.570. The topological polar surface area (TPSA) is 18.6 Å². The van der Waals surface area contributed by atoms with Gasteiger partial charge in [0.25, 0.3) is 6.34 Å². The van der Waals surface area contributed by atoms with Crippen LogP contribution >= 0.6 is 0 Å². The molecule has 0 N–H and O–H groups in total. The molecule has 0 aromatic carbocycles. The Labute approximate surface area is 105 Å². The molecular weight excluding hydrogens is 222 g/mol. The molecule has 0 atom stereocenters. The van der Waals surface area contributed by atoms with Gasteiger partial charge in [-0.05, 0) is 43.5 Å². The smallest absolute Gasteiger partial charge is 0.283 e. The molecule has 2 saturated heterocycles. The molecular formula is C12H22ClN3.